The van der Waals surface area contributed by atoms with Crippen molar-refractivity contribution >= 4 is 5.78 Å². The van der Waals surface area contributed by atoms with Crippen molar-refractivity contribution in [3.8, 4) is 0 Å². The minimum Gasteiger partial charge on any atom is -0.299 e. The van der Waals surface area contributed by atoms with Crippen molar-refractivity contribution in [3.63, 3.8) is 0 Å². The molecule has 0 amide bonds. The molecule has 1 nitrogen and oxygen atoms in total. The molecule has 0 N–H and O–H groups in total. The fourth-order valence-electron chi connectivity index (χ4n) is 4.15. The Balaban J connectivity index is 1.74. The van der Waals surface area contributed by atoms with Gasteiger partial charge in [0.1, 0.15) is 5.78 Å². The first kappa shape index (κ1) is 13.9. The Bertz CT molecular complexity index is 482. The van der Waals surface area contributed by atoms with Crippen molar-refractivity contribution in [1.82, 2.24) is 0 Å². The highest BCUT2D eigenvalue weighted by molar-refractivity contribution is 5.85. The number of aryl methyl sites for hydroxylation is 1. The highest BCUT2D eigenvalue weighted by Crippen LogP contribution is 2.41. The first-order valence-corrected chi connectivity index (χ1v) is 8.30. The summed E-state index contributed by atoms with van der Waals surface area (Å²) in [5.74, 6) is 1.00. The highest BCUT2D eigenvalue weighted by Gasteiger charge is 2.36. The van der Waals surface area contributed by atoms with Gasteiger partial charge in [0, 0.05) is 11.8 Å². The molecule has 1 fully saturated rings. The minimum atomic E-state index is -0.0232. The third-order valence-electron chi connectivity index (χ3n) is 5.56. The van der Waals surface area contributed by atoms with Crippen LogP contribution in [0.2, 0.25) is 0 Å². The number of benzene rings is 1. The Kier molecular flexibility index (Phi) is 3.96. The lowest BCUT2D eigenvalue weighted by molar-refractivity contribution is -0.130. The molecule has 0 radical (unpaired) electrons. The van der Waals surface area contributed by atoms with Crippen LogP contribution in [0.25, 0.3) is 0 Å². The molecule has 1 saturated carbocycles. The lowest BCUT2D eigenvalue weighted by Gasteiger charge is -2.34. The number of ketones is 1. The standard InChI is InChI=1S/C19H26O/c1-19(12-5-2-6-13-19)18(20)14-16-10-7-9-15-8-3-4-11-17(15)16/h3-4,8,11,16H,2,5-7,9-10,12-14H2,1H3. The van der Waals surface area contributed by atoms with E-state index < -0.39 is 0 Å². The molecule has 0 heterocycles. The van der Waals surface area contributed by atoms with Crippen molar-refractivity contribution in [2.24, 2.45) is 5.41 Å². The molecule has 108 valence electrons. The maximum Gasteiger partial charge on any atom is 0.139 e. The van der Waals surface area contributed by atoms with Gasteiger partial charge in [0.05, 0.1) is 0 Å². The minimum absolute atomic E-state index is 0.0232. The van der Waals surface area contributed by atoms with E-state index in [4.69, 9.17) is 0 Å². The zero-order valence-electron chi connectivity index (χ0n) is 12.7. The zero-order valence-corrected chi connectivity index (χ0v) is 12.7. The Hall–Kier alpha value is -1.11. The average Bonchev–Trinajstić information content (AvgIpc) is 2.48. The lowest BCUT2D eigenvalue weighted by Crippen LogP contribution is -2.31. The third-order valence-corrected chi connectivity index (χ3v) is 5.56. The molecular formula is C19H26O. The predicted molar refractivity (Wildman–Crippen MR) is 82.9 cm³/mol. The molecule has 1 heteroatoms. The summed E-state index contributed by atoms with van der Waals surface area (Å²) in [6, 6.07) is 8.75. The van der Waals surface area contributed by atoms with Gasteiger partial charge in [-0.2, -0.15) is 0 Å². The van der Waals surface area contributed by atoms with Gasteiger partial charge in [0.15, 0.2) is 0 Å². The summed E-state index contributed by atoms with van der Waals surface area (Å²) in [7, 11) is 0. The Labute approximate surface area is 122 Å². The van der Waals surface area contributed by atoms with Gasteiger partial charge < -0.3 is 0 Å². The van der Waals surface area contributed by atoms with Gasteiger partial charge in [-0.1, -0.05) is 50.5 Å². The number of hydrogen-bond donors (Lipinski definition) is 0. The SMILES string of the molecule is CC1(C(=O)CC2CCCc3ccccc32)CCCCC1. The molecule has 1 aromatic rings. The maximum absolute atomic E-state index is 12.8. The second-order valence-electron chi connectivity index (χ2n) is 7.04. The van der Waals surface area contributed by atoms with Crippen LogP contribution in [0, 0.1) is 5.41 Å². The van der Waals surface area contributed by atoms with Crippen molar-refractivity contribution in [2.75, 3.05) is 0 Å². The summed E-state index contributed by atoms with van der Waals surface area (Å²) in [4.78, 5) is 12.8. The van der Waals surface area contributed by atoms with Crippen LogP contribution in [0.1, 0.15) is 75.3 Å². The largest absolute Gasteiger partial charge is 0.299 e. The molecule has 0 aliphatic heterocycles. The first-order valence-electron chi connectivity index (χ1n) is 8.30. The van der Waals surface area contributed by atoms with Crippen LogP contribution in [0.4, 0.5) is 0 Å². The first-order chi connectivity index (χ1) is 9.69. The van der Waals surface area contributed by atoms with Crippen LogP contribution in [-0.2, 0) is 11.2 Å². The van der Waals surface area contributed by atoms with E-state index in [0.717, 1.165) is 19.3 Å². The Morgan fingerprint density at radius 2 is 1.90 bits per heavy atom. The number of rotatable bonds is 3. The van der Waals surface area contributed by atoms with E-state index in [1.165, 1.54) is 49.7 Å². The van der Waals surface area contributed by atoms with E-state index in [9.17, 15) is 4.79 Å². The molecule has 1 aromatic carbocycles. The van der Waals surface area contributed by atoms with Crippen molar-refractivity contribution in [1.29, 1.82) is 0 Å². The van der Waals surface area contributed by atoms with Crippen molar-refractivity contribution in [3.05, 3.63) is 35.4 Å². The second-order valence-corrected chi connectivity index (χ2v) is 7.04. The van der Waals surface area contributed by atoms with Crippen LogP contribution in [0.15, 0.2) is 24.3 Å². The van der Waals surface area contributed by atoms with Crippen LogP contribution >= 0.6 is 0 Å². The van der Waals surface area contributed by atoms with Gasteiger partial charge in [-0.25, -0.2) is 0 Å². The van der Waals surface area contributed by atoms with Gasteiger partial charge in [-0.05, 0) is 49.1 Å². The van der Waals surface area contributed by atoms with Crippen LogP contribution in [-0.4, -0.2) is 5.78 Å². The average molecular weight is 270 g/mol. The summed E-state index contributed by atoms with van der Waals surface area (Å²) in [6.45, 7) is 2.21. The van der Waals surface area contributed by atoms with Crippen LogP contribution in [0.5, 0.6) is 0 Å². The van der Waals surface area contributed by atoms with Crippen molar-refractivity contribution in [2.45, 2.75) is 70.6 Å². The number of carbonyl (C=O) groups is 1. The molecule has 3 rings (SSSR count). The Morgan fingerprint density at radius 3 is 2.70 bits per heavy atom. The van der Waals surface area contributed by atoms with E-state index in [1.807, 2.05) is 0 Å². The maximum atomic E-state index is 12.8. The summed E-state index contributed by atoms with van der Waals surface area (Å²) in [5, 5.41) is 0. The van der Waals surface area contributed by atoms with E-state index in [1.54, 1.807) is 0 Å². The highest BCUT2D eigenvalue weighted by atomic mass is 16.1. The lowest BCUT2D eigenvalue weighted by atomic mass is 9.69. The van der Waals surface area contributed by atoms with E-state index >= 15 is 0 Å². The van der Waals surface area contributed by atoms with Gasteiger partial charge in [0.2, 0.25) is 0 Å². The smallest absolute Gasteiger partial charge is 0.139 e. The number of hydrogen-bond acceptors (Lipinski definition) is 1. The number of Topliss-reactive ketones (excluding diaryl/α,β-unsaturated/α-hetero) is 1. The fraction of sp³-hybridized carbons (Fsp3) is 0.632. The van der Waals surface area contributed by atoms with Gasteiger partial charge in [0.25, 0.3) is 0 Å². The Morgan fingerprint density at radius 1 is 1.15 bits per heavy atom. The normalized spacial score (nSPS) is 24.9. The van der Waals surface area contributed by atoms with Crippen LogP contribution in [0.3, 0.4) is 0 Å². The molecular weight excluding hydrogens is 244 g/mol. The molecule has 0 saturated heterocycles. The number of fused-ring (bicyclic) bond motifs is 1. The summed E-state index contributed by atoms with van der Waals surface area (Å²) in [6.07, 6.45) is 10.4. The van der Waals surface area contributed by atoms with Gasteiger partial charge in [-0.3, -0.25) is 4.79 Å². The second kappa shape index (κ2) is 5.71. The molecule has 1 unspecified atom stereocenters. The fourth-order valence-corrected chi connectivity index (χ4v) is 4.15. The summed E-state index contributed by atoms with van der Waals surface area (Å²) < 4.78 is 0. The molecule has 20 heavy (non-hydrogen) atoms. The molecule has 0 aromatic heterocycles. The molecule has 0 bridgehead atoms. The zero-order chi connectivity index (χ0) is 14.0. The van der Waals surface area contributed by atoms with E-state index in [-0.39, 0.29) is 5.41 Å². The van der Waals surface area contributed by atoms with Crippen LogP contribution < -0.4 is 0 Å². The number of carbonyl (C=O) groups excluding carboxylic acids is 1. The molecule has 2 aliphatic carbocycles. The summed E-state index contributed by atoms with van der Waals surface area (Å²) >= 11 is 0. The topological polar surface area (TPSA) is 17.1 Å². The van der Waals surface area contributed by atoms with Gasteiger partial charge >= 0.3 is 0 Å². The molecule has 2 aliphatic rings. The summed E-state index contributed by atoms with van der Waals surface area (Å²) in [5.41, 5.74) is 2.90. The third kappa shape index (κ3) is 2.68. The quantitative estimate of drug-likeness (QED) is 0.752. The monoisotopic (exact) mass is 270 g/mol. The van der Waals surface area contributed by atoms with E-state index in [2.05, 4.69) is 31.2 Å². The molecule has 0 spiro atoms. The van der Waals surface area contributed by atoms with E-state index in [0.29, 0.717) is 11.7 Å². The predicted octanol–water partition coefficient (Wildman–Crippen LogP) is 5.04. The molecule has 1 atom stereocenters. The van der Waals surface area contributed by atoms with Gasteiger partial charge in [-0.15, -0.1) is 0 Å². The van der Waals surface area contributed by atoms with Crippen molar-refractivity contribution < 1.29 is 4.79 Å².